The van der Waals surface area contributed by atoms with Gasteiger partial charge in [0.1, 0.15) is 0 Å². The number of rotatable bonds is 7. The molecule has 0 aromatic heterocycles. The molecule has 0 aliphatic heterocycles. The van der Waals surface area contributed by atoms with Crippen molar-refractivity contribution in [3.05, 3.63) is 26.6 Å². The van der Waals surface area contributed by atoms with E-state index in [1.165, 1.54) is 12.8 Å². The molecular weight excluding hydrogens is 408 g/mol. The largest absolute Gasteiger partial charge is 0.314 e. The lowest BCUT2D eigenvalue weighted by Gasteiger charge is -2.10. The van der Waals surface area contributed by atoms with Gasteiger partial charge < -0.3 is 5.32 Å². The highest BCUT2D eigenvalue weighted by Gasteiger charge is 2.20. The Hall–Kier alpha value is 0.0500. The van der Waals surface area contributed by atoms with E-state index in [0.29, 0.717) is 17.1 Å². The van der Waals surface area contributed by atoms with Crippen LogP contribution in [-0.4, -0.2) is 27.5 Å². The summed E-state index contributed by atoms with van der Waals surface area (Å²) in [5, 5.41) is 3.36. The number of nitrogens with one attached hydrogen (secondary N) is 2. The van der Waals surface area contributed by atoms with Crippen LogP contribution in [0.2, 0.25) is 0 Å². The maximum atomic E-state index is 12.2. The van der Waals surface area contributed by atoms with Gasteiger partial charge in [0.25, 0.3) is 0 Å². The van der Waals surface area contributed by atoms with Crippen molar-refractivity contribution >= 4 is 41.9 Å². The fraction of sp³-hybridized carbons (Fsp3) is 0.538. The maximum Gasteiger partial charge on any atom is 0.241 e. The Labute approximate surface area is 137 Å². The zero-order chi connectivity index (χ0) is 14.8. The summed E-state index contributed by atoms with van der Waals surface area (Å²) in [5.74, 6) is 0. The third-order valence-electron chi connectivity index (χ3n) is 3.16. The van der Waals surface area contributed by atoms with Crippen molar-refractivity contribution in [2.75, 3.05) is 13.1 Å². The minimum Gasteiger partial charge on any atom is -0.314 e. The normalized spacial score (nSPS) is 15.6. The molecule has 4 nitrogen and oxygen atoms in total. The van der Waals surface area contributed by atoms with E-state index in [0.717, 1.165) is 23.0 Å². The fourth-order valence-corrected chi connectivity index (χ4v) is 4.55. The molecular formula is C13H18Br2N2O2S. The Morgan fingerprint density at radius 2 is 1.90 bits per heavy atom. The highest BCUT2D eigenvalue weighted by molar-refractivity contribution is 9.11. The molecule has 0 unspecified atom stereocenters. The second kappa shape index (κ2) is 6.87. The molecule has 112 valence electrons. The van der Waals surface area contributed by atoms with Gasteiger partial charge in [0.2, 0.25) is 10.0 Å². The summed E-state index contributed by atoms with van der Waals surface area (Å²) in [7, 11) is -3.47. The molecule has 0 heterocycles. The van der Waals surface area contributed by atoms with E-state index < -0.39 is 10.0 Å². The monoisotopic (exact) mass is 424 g/mol. The molecule has 1 aromatic rings. The summed E-state index contributed by atoms with van der Waals surface area (Å²) in [6.07, 6.45) is 3.28. The summed E-state index contributed by atoms with van der Waals surface area (Å²) in [6, 6.07) is 4.09. The van der Waals surface area contributed by atoms with Gasteiger partial charge in [-0.1, -0.05) is 15.9 Å². The zero-order valence-electron chi connectivity index (χ0n) is 11.2. The van der Waals surface area contributed by atoms with Crippen molar-refractivity contribution in [2.24, 2.45) is 0 Å². The molecule has 1 fully saturated rings. The molecule has 0 radical (unpaired) electrons. The Balaban J connectivity index is 1.93. The van der Waals surface area contributed by atoms with Gasteiger partial charge in [-0.15, -0.1) is 0 Å². The van der Waals surface area contributed by atoms with E-state index in [2.05, 4.69) is 41.9 Å². The molecule has 20 heavy (non-hydrogen) atoms. The lowest BCUT2D eigenvalue weighted by Crippen LogP contribution is -2.28. The Bertz CT molecular complexity index is 586. The van der Waals surface area contributed by atoms with E-state index in [1.54, 1.807) is 12.1 Å². The van der Waals surface area contributed by atoms with Crippen molar-refractivity contribution < 1.29 is 8.42 Å². The van der Waals surface area contributed by atoms with Crippen LogP contribution >= 0.6 is 31.9 Å². The Morgan fingerprint density at radius 1 is 1.20 bits per heavy atom. The average Bonchev–Trinajstić information content (AvgIpc) is 3.17. The predicted octanol–water partition coefficient (Wildman–Crippen LogP) is 2.94. The van der Waals surface area contributed by atoms with Crippen molar-refractivity contribution in [1.82, 2.24) is 10.0 Å². The van der Waals surface area contributed by atoms with Crippen LogP contribution in [0.4, 0.5) is 0 Å². The van der Waals surface area contributed by atoms with Crippen LogP contribution in [0.5, 0.6) is 0 Å². The smallest absolute Gasteiger partial charge is 0.241 e. The number of halogens is 2. The molecule has 1 aromatic carbocycles. The lowest BCUT2D eigenvalue weighted by molar-refractivity contribution is 0.573. The minimum absolute atomic E-state index is 0.269. The molecule has 2 rings (SSSR count). The number of sulfonamides is 1. The standard InChI is InChI=1S/C13H18Br2N2O2S/c1-9-7-12(15)13(8-11(9)14)20(18,19)17-6-2-5-16-10-3-4-10/h7-8,10,16-17H,2-6H2,1H3. The number of benzene rings is 1. The molecule has 0 saturated heterocycles. The van der Waals surface area contributed by atoms with Crippen LogP contribution in [0.1, 0.15) is 24.8 Å². The second-order valence-electron chi connectivity index (χ2n) is 5.01. The third kappa shape index (κ3) is 4.53. The summed E-state index contributed by atoms with van der Waals surface area (Å²) in [4.78, 5) is 0.269. The molecule has 0 bridgehead atoms. The molecule has 0 spiro atoms. The van der Waals surface area contributed by atoms with Crippen LogP contribution in [-0.2, 0) is 10.0 Å². The number of hydrogen-bond acceptors (Lipinski definition) is 3. The van der Waals surface area contributed by atoms with E-state index in [1.807, 2.05) is 6.92 Å². The van der Waals surface area contributed by atoms with Crippen LogP contribution in [0, 0.1) is 6.92 Å². The number of aryl methyl sites for hydroxylation is 1. The molecule has 1 aliphatic rings. The quantitative estimate of drug-likeness (QED) is 0.660. The van der Waals surface area contributed by atoms with E-state index in [9.17, 15) is 8.42 Å². The van der Waals surface area contributed by atoms with Gasteiger partial charge in [-0.05, 0) is 66.4 Å². The summed E-state index contributed by atoms with van der Waals surface area (Å²) in [6.45, 7) is 3.22. The van der Waals surface area contributed by atoms with Gasteiger partial charge in [-0.3, -0.25) is 0 Å². The molecule has 1 saturated carbocycles. The highest BCUT2D eigenvalue weighted by Crippen LogP contribution is 2.28. The van der Waals surface area contributed by atoms with Crippen LogP contribution in [0.15, 0.2) is 26.0 Å². The maximum absolute atomic E-state index is 12.2. The fourth-order valence-electron chi connectivity index (χ4n) is 1.80. The molecule has 0 atom stereocenters. The van der Waals surface area contributed by atoms with Gasteiger partial charge >= 0.3 is 0 Å². The van der Waals surface area contributed by atoms with Crippen molar-refractivity contribution in [3.8, 4) is 0 Å². The van der Waals surface area contributed by atoms with E-state index in [-0.39, 0.29) is 4.90 Å². The van der Waals surface area contributed by atoms with E-state index >= 15 is 0 Å². The van der Waals surface area contributed by atoms with Gasteiger partial charge in [-0.2, -0.15) is 0 Å². The minimum atomic E-state index is -3.47. The number of hydrogen-bond donors (Lipinski definition) is 2. The molecule has 1 aliphatic carbocycles. The van der Waals surface area contributed by atoms with Crippen LogP contribution in [0.3, 0.4) is 0 Å². The van der Waals surface area contributed by atoms with E-state index in [4.69, 9.17) is 0 Å². The topological polar surface area (TPSA) is 58.2 Å². The Morgan fingerprint density at radius 3 is 2.55 bits per heavy atom. The van der Waals surface area contributed by atoms with Crippen molar-refractivity contribution in [2.45, 2.75) is 37.1 Å². The van der Waals surface area contributed by atoms with Crippen LogP contribution in [0.25, 0.3) is 0 Å². The summed E-state index contributed by atoms with van der Waals surface area (Å²) >= 11 is 6.68. The first-order valence-corrected chi connectivity index (χ1v) is 9.66. The predicted molar refractivity (Wildman–Crippen MR) is 87.4 cm³/mol. The van der Waals surface area contributed by atoms with Gasteiger partial charge in [-0.25, -0.2) is 13.1 Å². The average molecular weight is 426 g/mol. The molecule has 2 N–H and O–H groups in total. The first-order chi connectivity index (χ1) is 9.40. The SMILES string of the molecule is Cc1cc(Br)c(S(=O)(=O)NCCCNC2CC2)cc1Br. The summed E-state index contributed by atoms with van der Waals surface area (Å²) < 4.78 is 28.5. The third-order valence-corrected chi connectivity index (χ3v) is 6.43. The first-order valence-electron chi connectivity index (χ1n) is 6.59. The lowest BCUT2D eigenvalue weighted by atomic mass is 10.2. The second-order valence-corrected chi connectivity index (χ2v) is 8.46. The van der Waals surface area contributed by atoms with Gasteiger partial charge in [0.15, 0.2) is 0 Å². The van der Waals surface area contributed by atoms with Crippen molar-refractivity contribution in [3.63, 3.8) is 0 Å². The highest BCUT2D eigenvalue weighted by atomic mass is 79.9. The van der Waals surface area contributed by atoms with Crippen molar-refractivity contribution in [1.29, 1.82) is 0 Å². The molecule has 7 heteroatoms. The zero-order valence-corrected chi connectivity index (χ0v) is 15.2. The van der Waals surface area contributed by atoms with Gasteiger partial charge in [0.05, 0.1) is 4.90 Å². The molecule has 0 amide bonds. The van der Waals surface area contributed by atoms with Gasteiger partial charge in [0, 0.05) is 21.5 Å². The first kappa shape index (κ1) is 16.4. The Kier molecular flexibility index (Phi) is 5.64. The van der Waals surface area contributed by atoms with Crippen LogP contribution < -0.4 is 10.0 Å². The summed E-state index contributed by atoms with van der Waals surface area (Å²) in [5.41, 5.74) is 0.990.